The van der Waals surface area contributed by atoms with E-state index in [-0.39, 0.29) is 12.5 Å². The molecule has 3 aromatic rings. The van der Waals surface area contributed by atoms with Gasteiger partial charge in [0.25, 0.3) is 5.91 Å². The number of carbonyl (C=O) groups is 2. The van der Waals surface area contributed by atoms with Gasteiger partial charge in [0.2, 0.25) is 0 Å². The molecular formula is C19H19N5O4. The highest BCUT2D eigenvalue weighted by Crippen LogP contribution is 2.16. The van der Waals surface area contributed by atoms with Gasteiger partial charge in [-0.05, 0) is 59.8 Å². The van der Waals surface area contributed by atoms with Gasteiger partial charge in [-0.2, -0.15) is 0 Å². The second-order valence-corrected chi connectivity index (χ2v) is 5.75. The molecule has 1 heterocycles. The van der Waals surface area contributed by atoms with Gasteiger partial charge in [-0.3, -0.25) is 4.79 Å². The number of ether oxygens (including phenoxy) is 2. The fourth-order valence-electron chi connectivity index (χ4n) is 2.47. The Bertz CT molecular complexity index is 968. The molecule has 0 aliphatic rings. The molecule has 28 heavy (non-hydrogen) atoms. The molecular weight excluding hydrogens is 362 g/mol. The number of carbonyl (C=O) groups excluding carboxylic acids is 2. The molecule has 0 saturated heterocycles. The van der Waals surface area contributed by atoms with Gasteiger partial charge in [-0.25, -0.2) is 9.48 Å². The van der Waals surface area contributed by atoms with Crippen LogP contribution in [-0.4, -0.2) is 39.2 Å². The molecule has 144 valence electrons. The topological polar surface area (TPSA) is 108 Å². The van der Waals surface area contributed by atoms with E-state index in [1.807, 2.05) is 6.92 Å². The molecule has 0 spiro atoms. The zero-order chi connectivity index (χ0) is 19.9. The number of amides is 1. The van der Waals surface area contributed by atoms with Crippen LogP contribution in [0.15, 0.2) is 48.5 Å². The number of tetrazole rings is 1. The van der Waals surface area contributed by atoms with Crippen LogP contribution in [0, 0.1) is 0 Å². The Morgan fingerprint density at radius 2 is 1.89 bits per heavy atom. The Labute approximate surface area is 161 Å². The van der Waals surface area contributed by atoms with Crippen molar-refractivity contribution in [2.75, 3.05) is 12.4 Å². The van der Waals surface area contributed by atoms with E-state index in [0.29, 0.717) is 34.9 Å². The Kier molecular flexibility index (Phi) is 5.95. The lowest BCUT2D eigenvalue weighted by Crippen LogP contribution is -2.12. The number of anilines is 1. The average molecular weight is 381 g/mol. The SMILES string of the molecule is CCn1nnnc1COc1ccc(C(=O)Nc2cccc(C(=O)OC)c2)cc1. The third kappa shape index (κ3) is 4.50. The fourth-order valence-corrected chi connectivity index (χ4v) is 2.47. The van der Waals surface area contributed by atoms with Crippen molar-refractivity contribution >= 4 is 17.6 Å². The molecule has 9 heteroatoms. The van der Waals surface area contributed by atoms with E-state index in [1.54, 1.807) is 53.2 Å². The predicted octanol–water partition coefficient (Wildman–Crippen LogP) is 2.31. The molecule has 0 atom stereocenters. The summed E-state index contributed by atoms with van der Waals surface area (Å²) < 4.78 is 12.0. The van der Waals surface area contributed by atoms with Crippen LogP contribution < -0.4 is 10.1 Å². The zero-order valence-electron chi connectivity index (χ0n) is 15.5. The first-order chi connectivity index (χ1) is 13.6. The minimum absolute atomic E-state index is 0.229. The number of aryl methyl sites for hydroxylation is 1. The van der Waals surface area contributed by atoms with E-state index in [1.165, 1.54) is 7.11 Å². The molecule has 0 radical (unpaired) electrons. The van der Waals surface area contributed by atoms with Crippen LogP contribution in [0.3, 0.4) is 0 Å². The average Bonchev–Trinajstić information content (AvgIpc) is 3.19. The van der Waals surface area contributed by atoms with Gasteiger partial charge < -0.3 is 14.8 Å². The Balaban J connectivity index is 1.61. The number of nitrogens with zero attached hydrogens (tertiary/aromatic N) is 4. The molecule has 9 nitrogen and oxygen atoms in total. The lowest BCUT2D eigenvalue weighted by atomic mass is 10.1. The zero-order valence-corrected chi connectivity index (χ0v) is 15.5. The van der Waals surface area contributed by atoms with Gasteiger partial charge in [-0.15, -0.1) is 5.10 Å². The molecule has 0 aliphatic heterocycles. The van der Waals surface area contributed by atoms with Crippen LogP contribution >= 0.6 is 0 Å². The van der Waals surface area contributed by atoms with Crippen LogP contribution in [0.4, 0.5) is 5.69 Å². The number of aromatic nitrogens is 4. The van der Waals surface area contributed by atoms with E-state index >= 15 is 0 Å². The highest BCUT2D eigenvalue weighted by Gasteiger charge is 2.10. The highest BCUT2D eigenvalue weighted by molar-refractivity contribution is 6.04. The second-order valence-electron chi connectivity index (χ2n) is 5.75. The highest BCUT2D eigenvalue weighted by atomic mass is 16.5. The first-order valence-electron chi connectivity index (χ1n) is 8.58. The Morgan fingerprint density at radius 3 is 2.61 bits per heavy atom. The number of nitrogens with one attached hydrogen (secondary N) is 1. The third-order valence-electron chi connectivity index (χ3n) is 3.93. The molecule has 0 saturated carbocycles. The lowest BCUT2D eigenvalue weighted by Gasteiger charge is -2.08. The van der Waals surface area contributed by atoms with E-state index in [2.05, 4.69) is 25.6 Å². The van der Waals surface area contributed by atoms with Crippen molar-refractivity contribution < 1.29 is 19.1 Å². The number of rotatable bonds is 7. The molecule has 1 amide bonds. The van der Waals surface area contributed by atoms with Crippen molar-refractivity contribution in [3.8, 4) is 5.75 Å². The normalized spacial score (nSPS) is 10.4. The lowest BCUT2D eigenvalue weighted by molar-refractivity contribution is 0.0600. The largest absolute Gasteiger partial charge is 0.486 e. The second kappa shape index (κ2) is 8.76. The van der Waals surface area contributed by atoms with Crippen LogP contribution in [0.2, 0.25) is 0 Å². The van der Waals surface area contributed by atoms with Gasteiger partial charge in [0.05, 0.1) is 12.7 Å². The summed E-state index contributed by atoms with van der Waals surface area (Å²) in [5.74, 6) is 0.444. The van der Waals surface area contributed by atoms with Crippen LogP contribution in [0.25, 0.3) is 0 Å². The van der Waals surface area contributed by atoms with Crippen molar-refractivity contribution in [1.82, 2.24) is 20.2 Å². The third-order valence-corrected chi connectivity index (χ3v) is 3.93. The summed E-state index contributed by atoms with van der Waals surface area (Å²) in [6.07, 6.45) is 0. The van der Waals surface area contributed by atoms with Gasteiger partial charge in [-0.1, -0.05) is 6.07 Å². The van der Waals surface area contributed by atoms with Crippen molar-refractivity contribution in [1.29, 1.82) is 0 Å². The number of esters is 1. The molecule has 0 aliphatic carbocycles. The minimum Gasteiger partial charge on any atom is -0.486 e. The van der Waals surface area contributed by atoms with Gasteiger partial charge in [0.15, 0.2) is 5.82 Å². The van der Waals surface area contributed by atoms with E-state index in [0.717, 1.165) is 0 Å². The summed E-state index contributed by atoms with van der Waals surface area (Å²) in [5, 5.41) is 14.1. The summed E-state index contributed by atoms with van der Waals surface area (Å²) in [7, 11) is 1.31. The minimum atomic E-state index is -0.466. The fraction of sp³-hybridized carbons (Fsp3) is 0.211. The van der Waals surface area contributed by atoms with Crippen LogP contribution in [-0.2, 0) is 17.9 Å². The van der Waals surface area contributed by atoms with E-state index < -0.39 is 5.97 Å². The predicted molar refractivity (Wildman–Crippen MR) is 100.0 cm³/mol. The van der Waals surface area contributed by atoms with Crippen molar-refractivity contribution in [2.45, 2.75) is 20.1 Å². The van der Waals surface area contributed by atoms with E-state index in [9.17, 15) is 9.59 Å². The molecule has 1 aromatic heterocycles. The van der Waals surface area contributed by atoms with Crippen molar-refractivity contribution in [3.63, 3.8) is 0 Å². The molecule has 0 unspecified atom stereocenters. The van der Waals surface area contributed by atoms with Gasteiger partial charge in [0, 0.05) is 17.8 Å². The molecule has 0 bridgehead atoms. The van der Waals surface area contributed by atoms with Crippen molar-refractivity contribution in [2.24, 2.45) is 0 Å². The first kappa shape index (κ1) is 19.0. The maximum atomic E-state index is 12.4. The summed E-state index contributed by atoms with van der Waals surface area (Å²) in [6, 6.07) is 13.2. The summed E-state index contributed by atoms with van der Waals surface area (Å²) in [5.41, 5.74) is 1.31. The maximum absolute atomic E-state index is 12.4. The monoisotopic (exact) mass is 381 g/mol. The quantitative estimate of drug-likeness (QED) is 0.626. The number of hydrogen-bond acceptors (Lipinski definition) is 7. The molecule has 0 fully saturated rings. The summed E-state index contributed by atoms with van der Waals surface area (Å²) in [6.45, 7) is 2.82. The van der Waals surface area contributed by atoms with Crippen LogP contribution in [0.5, 0.6) is 5.75 Å². The number of benzene rings is 2. The standard InChI is InChI=1S/C19H19N5O4/c1-3-24-17(21-22-23-24)12-28-16-9-7-13(8-10-16)18(25)20-15-6-4-5-14(11-15)19(26)27-2/h4-11H,3,12H2,1-2H3,(H,20,25). The van der Waals surface area contributed by atoms with E-state index in [4.69, 9.17) is 4.74 Å². The Hall–Kier alpha value is -3.75. The first-order valence-corrected chi connectivity index (χ1v) is 8.58. The summed E-state index contributed by atoms with van der Waals surface area (Å²) >= 11 is 0. The molecule has 2 aromatic carbocycles. The van der Waals surface area contributed by atoms with Crippen molar-refractivity contribution in [3.05, 3.63) is 65.5 Å². The van der Waals surface area contributed by atoms with Gasteiger partial charge in [0.1, 0.15) is 12.4 Å². The smallest absolute Gasteiger partial charge is 0.337 e. The van der Waals surface area contributed by atoms with Crippen LogP contribution in [0.1, 0.15) is 33.5 Å². The molecule has 1 N–H and O–H groups in total. The summed E-state index contributed by atoms with van der Waals surface area (Å²) in [4.78, 5) is 24.0. The molecule has 3 rings (SSSR count). The van der Waals surface area contributed by atoms with Gasteiger partial charge >= 0.3 is 5.97 Å². The maximum Gasteiger partial charge on any atom is 0.337 e. The number of methoxy groups -OCH3 is 1. The number of hydrogen-bond donors (Lipinski definition) is 1. The Morgan fingerprint density at radius 1 is 1.11 bits per heavy atom.